The van der Waals surface area contributed by atoms with Crippen LogP contribution in [0, 0.1) is 6.92 Å². The van der Waals surface area contributed by atoms with Crippen LogP contribution in [-0.2, 0) is 20.0 Å². The van der Waals surface area contributed by atoms with E-state index in [9.17, 15) is 9.67 Å². The molecule has 3 rings (SSSR count). The van der Waals surface area contributed by atoms with Crippen molar-refractivity contribution in [2.24, 2.45) is 0 Å². The number of allylic oxidation sites excluding steroid dienone is 1. The van der Waals surface area contributed by atoms with Crippen LogP contribution in [0.3, 0.4) is 0 Å². The van der Waals surface area contributed by atoms with Crippen molar-refractivity contribution in [3.05, 3.63) is 53.6 Å². The second-order valence-corrected chi connectivity index (χ2v) is 9.90. The van der Waals surface area contributed by atoms with Gasteiger partial charge in [-0.1, -0.05) is 55.7 Å². The summed E-state index contributed by atoms with van der Waals surface area (Å²) in [6, 6.07) is 9.57. The van der Waals surface area contributed by atoms with E-state index in [2.05, 4.69) is 13.5 Å². The van der Waals surface area contributed by atoms with Crippen LogP contribution >= 0.6 is 7.82 Å². The molecule has 0 radical (unpaired) electrons. The number of unbranched alkanes of at least 4 members (excludes halogenated alkanes) is 2. The summed E-state index contributed by atoms with van der Waals surface area (Å²) in [7, 11) is -3.79. The molecule has 1 aliphatic rings. The summed E-state index contributed by atoms with van der Waals surface area (Å²) in [6.07, 6.45) is 4.42. The molecule has 0 saturated carbocycles. The first-order valence-corrected chi connectivity index (χ1v) is 12.4. The van der Waals surface area contributed by atoms with E-state index in [0.717, 1.165) is 53.5 Å². The number of hydrogen-bond acceptors (Lipinski definition) is 5. The zero-order valence-corrected chi connectivity index (χ0v) is 19.8. The molecule has 5 nitrogen and oxygen atoms in total. The molecule has 1 aliphatic heterocycles. The molecule has 1 heterocycles. The standard InChI is InChI=1S/C25H33O5P/c1-6-7-8-9-20-15-23(26)25(22-14-18(4)10-11-21(22)17(2)3)24(16-20)30-31(27)28-13-12-19(5)29-31/h10-11,14-16,19,26H,2,6-9,12-13H2,1,3-5H3. The maximum absolute atomic E-state index is 13.2. The molecular formula is C25H33O5P. The minimum Gasteiger partial charge on any atom is -0.507 e. The molecule has 0 bridgehead atoms. The number of phenols is 1. The number of aromatic hydroxyl groups is 1. The molecule has 0 spiro atoms. The van der Waals surface area contributed by atoms with E-state index in [1.807, 2.05) is 45.0 Å². The van der Waals surface area contributed by atoms with Gasteiger partial charge < -0.3 is 9.63 Å². The molecule has 1 fully saturated rings. The molecule has 2 atom stereocenters. The SMILES string of the molecule is C=C(C)c1ccc(C)cc1-c1c(O)cc(CCCCC)cc1OP1(=O)OCCC(C)O1. The van der Waals surface area contributed by atoms with Gasteiger partial charge in [0.1, 0.15) is 11.5 Å². The van der Waals surface area contributed by atoms with Crippen LogP contribution < -0.4 is 4.52 Å². The average Bonchev–Trinajstić information content (AvgIpc) is 2.67. The van der Waals surface area contributed by atoms with E-state index >= 15 is 0 Å². The fourth-order valence-electron chi connectivity index (χ4n) is 3.76. The molecule has 1 N–H and O–H groups in total. The highest BCUT2D eigenvalue weighted by molar-refractivity contribution is 7.49. The van der Waals surface area contributed by atoms with E-state index in [4.69, 9.17) is 13.6 Å². The van der Waals surface area contributed by atoms with Crippen LogP contribution in [0.15, 0.2) is 36.9 Å². The van der Waals surface area contributed by atoms with Crippen molar-refractivity contribution in [2.75, 3.05) is 6.61 Å². The molecule has 0 aromatic heterocycles. The fraction of sp³-hybridized carbons (Fsp3) is 0.440. The van der Waals surface area contributed by atoms with Crippen molar-refractivity contribution >= 4 is 13.4 Å². The Balaban J connectivity index is 2.13. The molecule has 0 aliphatic carbocycles. The maximum atomic E-state index is 13.2. The number of phenolic OH excluding ortho intramolecular Hbond substituents is 1. The van der Waals surface area contributed by atoms with Crippen molar-refractivity contribution in [3.63, 3.8) is 0 Å². The molecule has 168 valence electrons. The molecule has 2 unspecified atom stereocenters. The number of hydrogen-bond donors (Lipinski definition) is 1. The maximum Gasteiger partial charge on any atom is 0.530 e. The van der Waals surface area contributed by atoms with Gasteiger partial charge in [-0.2, -0.15) is 0 Å². The highest BCUT2D eigenvalue weighted by Gasteiger charge is 2.36. The monoisotopic (exact) mass is 444 g/mol. The van der Waals surface area contributed by atoms with Crippen LogP contribution in [0.5, 0.6) is 11.5 Å². The first kappa shape index (κ1) is 23.6. The minimum absolute atomic E-state index is 0.0776. The zero-order valence-electron chi connectivity index (χ0n) is 18.9. The number of rotatable bonds is 8. The first-order valence-electron chi connectivity index (χ1n) is 11.0. The summed E-state index contributed by atoms with van der Waals surface area (Å²) in [4.78, 5) is 0. The van der Waals surface area contributed by atoms with Crippen molar-refractivity contribution in [2.45, 2.75) is 65.9 Å². The Morgan fingerprint density at radius 1 is 1.29 bits per heavy atom. The summed E-state index contributed by atoms with van der Waals surface area (Å²) in [6.45, 7) is 12.3. The van der Waals surface area contributed by atoms with Crippen LogP contribution in [0.1, 0.15) is 63.1 Å². The van der Waals surface area contributed by atoms with Gasteiger partial charge in [0.2, 0.25) is 0 Å². The fourth-order valence-corrected chi connectivity index (χ4v) is 5.18. The minimum atomic E-state index is -3.79. The van der Waals surface area contributed by atoms with E-state index < -0.39 is 7.82 Å². The number of benzene rings is 2. The second kappa shape index (κ2) is 10.0. The van der Waals surface area contributed by atoms with E-state index in [1.165, 1.54) is 0 Å². The zero-order chi connectivity index (χ0) is 22.6. The van der Waals surface area contributed by atoms with E-state index in [-0.39, 0.29) is 11.9 Å². The van der Waals surface area contributed by atoms with Crippen molar-refractivity contribution in [1.82, 2.24) is 0 Å². The van der Waals surface area contributed by atoms with Crippen molar-refractivity contribution in [3.8, 4) is 22.6 Å². The third-order valence-corrected chi connectivity index (χ3v) is 6.94. The molecule has 0 amide bonds. The molecule has 2 aromatic rings. The Kier molecular flexibility index (Phi) is 7.64. The smallest absolute Gasteiger partial charge is 0.507 e. The Morgan fingerprint density at radius 2 is 2.06 bits per heavy atom. The largest absolute Gasteiger partial charge is 0.530 e. The number of phosphoric ester groups is 1. The summed E-state index contributed by atoms with van der Waals surface area (Å²) in [5, 5.41) is 11.1. The summed E-state index contributed by atoms with van der Waals surface area (Å²) < 4.78 is 30.1. The lowest BCUT2D eigenvalue weighted by molar-refractivity contribution is 0.0609. The van der Waals surface area contributed by atoms with Gasteiger partial charge in [0.15, 0.2) is 0 Å². The van der Waals surface area contributed by atoms with Gasteiger partial charge in [0.25, 0.3) is 0 Å². The quantitative estimate of drug-likeness (QED) is 0.338. The summed E-state index contributed by atoms with van der Waals surface area (Å²) in [5.41, 5.74) is 4.95. The van der Waals surface area contributed by atoms with Gasteiger partial charge in [-0.15, -0.1) is 0 Å². The van der Waals surface area contributed by atoms with E-state index in [0.29, 0.717) is 24.3 Å². The molecule has 31 heavy (non-hydrogen) atoms. The van der Waals surface area contributed by atoms with Gasteiger partial charge in [-0.05, 0) is 68.9 Å². The lowest BCUT2D eigenvalue weighted by Crippen LogP contribution is -2.19. The Labute approximate surface area is 185 Å². The van der Waals surface area contributed by atoms with Gasteiger partial charge in [-0.3, -0.25) is 9.05 Å². The van der Waals surface area contributed by atoms with Crippen LogP contribution in [-0.4, -0.2) is 17.8 Å². The molecule has 2 aromatic carbocycles. The third-order valence-electron chi connectivity index (χ3n) is 5.41. The first-order chi connectivity index (χ1) is 14.7. The summed E-state index contributed by atoms with van der Waals surface area (Å²) in [5.74, 6) is 0.380. The van der Waals surface area contributed by atoms with Gasteiger partial charge in [0.05, 0.1) is 18.3 Å². The molecule has 6 heteroatoms. The van der Waals surface area contributed by atoms with E-state index in [1.54, 1.807) is 6.07 Å². The Morgan fingerprint density at radius 3 is 2.74 bits per heavy atom. The van der Waals surface area contributed by atoms with Crippen LogP contribution in [0.4, 0.5) is 0 Å². The van der Waals surface area contributed by atoms with Crippen LogP contribution in [0.25, 0.3) is 16.7 Å². The Bertz CT molecular complexity index is 998. The lowest BCUT2D eigenvalue weighted by atomic mass is 9.91. The number of phosphoric acid groups is 1. The number of aryl methyl sites for hydroxylation is 2. The highest BCUT2D eigenvalue weighted by Crippen LogP contribution is 2.56. The normalized spacial score (nSPS) is 21.1. The highest BCUT2D eigenvalue weighted by atomic mass is 31.2. The molecule has 1 saturated heterocycles. The average molecular weight is 445 g/mol. The van der Waals surface area contributed by atoms with Gasteiger partial charge in [-0.25, -0.2) is 4.57 Å². The van der Waals surface area contributed by atoms with Crippen LogP contribution in [0.2, 0.25) is 0 Å². The second-order valence-electron chi connectivity index (χ2n) is 8.35. The van der Waals surface area contributed by atoms with Crippen molar-refractivity contribution in [1.29, 1.82) is 0 Å². The lowest BCUT2D eigenvalue weighted by Gasteiger charge is -2.28. The van der Waals surface area contributed by atoms with Crippen molar-refractivity contribution < 1.29 is 23.2 Å². The predicted octanol–water partition coefficient (Wildman–Crippen LogP) is 7.45. The molecular weight excluding hydrogens is 411 g/mol. The Hall–Kier alpha value is -2.07. The summed E-state index contributed by atoms with van der Waals surface area (Å²) >= 11 is 0. The topological polar surface area (TPSA) is 65.0 Å². The predicted molar refractivity (Wildman–Crippen MR) is 126 cm³/mol. The van der Waals surface area contributed by atoms with Gasteiger partial charge in [0, 0.05) is 0 Å². The third kappa shape index (κ3) is 5.79. The van der Waals surface area contributed by atoms with Gasteiger partial charge >= 0.3 is 7.82 Å².